The van der Waals surface area contributed by atoms with E-state index in [9.17, 15) is 0 Å². The summed E-state index contributed by atoms with van der Waals surface area (Å²) in [6, 6.07) is 6.50. The molecule has 1 aromatic carbocycles. The zero-order valence-electron chi connectivity index (χ0n) is 9.26. The monoisotopic (exact) mass is 255 g/mol. The van der Waals surface area contributed by atoms with Gasteiger partial charge in [0.25, 0.3) is 0 Å². The van der Waals surface area contributed by atoms with Crippen molar-refractivity contribution >= 4 is 21.8 Å². The molecular weight excluding hydrogens is 238 g/mol. The van der Waals surface area contributed by atoms with E-state index < -0.39 is 0 Å². The largest absolute Gasteiger partial charge is 0.322 e. The zero-order chi connectivity index (χ0) is 10.7. The Morgan fingerprint density at radius 1 is 1.00 bits per heavy atom. The number of hydrogen-bond acceptors (Lipinski definition) is 1. The van der Waals surface area contributed by atoms with Crippen LogP contribution in [-0.2, 0) is 0 Å². The van der Waals surface area contributed by atoms with Gasteiger partial charge < -0.3 is 4.34 Å². The fourth-order valence-electron chi connectivity index (χ4n) is 1.66. The van der Waals surface area contributed by atoms with Gasteiger partial charge in [0.2, 0.25) is 0 Å². The minimum atomic E-state index is 0.550. The van der Waals surface area contributed by atoms with Crippen molar-refractivity contribution < 1.29 is 0 Å². The molecule has 2 heteroatoms. The van der Waals surface area contributed by atoms with E-state index in [1.165, 1.54) is 16.8 Å². The van der Waals surface area contributed by atoms with Crippen molar-refractivity contribution in [2.75, 3.05) is 4.34 Å². The van der Waals surface area contributed by atoms with Crippen molar-refractivity contribution in [1.29, 1.82) is 0 Å². The highest BCUT2D eigenvalue weighted by atomic mass is 79.9. The summed E-state index contributed by atoms with van der Waals surface area (Å²) in [6.07, 6.45) is 0. The van der Waals surface area contributed by atoms with Gasteiger partial charge in [-0.3, -0.25) is 0 Å². The number of benzene rings is 1. The van der Waals surface area contributed by atoms with Crippen molar-refractivity contribution in [3.05, 3.63) is 29.3 Å². The van der Waals surface area contributed by atoms with Crippen LogP contribution in [0.2, 0.25) is 0 Å². The van der Waals surface area contributed by atoms with Gasteiger partial charge in [0.05, 0.1) is 5.69 Å². The summed E-state index contributed by atoms with van der Waals surface area (Å²) in [7, 11) is 0. The highest BCUT2D eigenvalue weighted by Crippen LogP contribution is 2.32. The Hall–Kier alpha value is -0.500. The second-order valence-electron chi connectivity index (χ2n) is 4.22. The average Bonchev–Trinajstić information content (AvgIpc) is 2.16. The summed E-state index contributed by atoms with van der Waals surface area (Å²) in [5.74, 6) is 1.10. The summed E-state index contributed by atoms with van der Waals surface area (Å²) < 4.78 is 3.14. The molecule has 78 valence electrons. The second kappa shape index (κ2) is 4.83. The Bertz CT molecular complexity index is 279. The SMILES string of the molecule is CC(C)c1cccc(C(C)C)c1NBr. The van der Waals surface area contributed by atoms with Gasteiger partial charge in [-0.05, 0) is 23.0 Å². The summed E-state index contributed by atoms with van der Waals surface area (Å²) in [5, 5.41) is 0. The van der Waals surface area contributed by atoms with E-state index in [2.05, 4.69) is 66.4 Å². The molecule has 0 saturated heterocycles. The summed E-state index contributed by atoms with van der Waals surface area (Å²) >= 11 is 3.35. The number of hydrogen-bond donors (Lipinski definition) is 1. The third kappa shape index (κ3) is 2.30. The van der Waals surface area contributed by atoms with E-state index in [1.54, 1.807) is 0 Å². The highest BCUT2D eigenvalue weighted by molar-refractivity contribution is 9.10. The lowest BCUT2D eigenvalue weighted by molar-refractivity contribution is 0.840. The van der Waals surface area contributed by atoms with Crippen LogP contribution in [-0.4, -0.2) is 0 Å². The molecule has 14 heavy (non-hydrogen) atoms. The molecule has 0 aromatic heterocycles. The minimum absolute atomic E-state index is 0.550. The standard InChI is InChI=1S/C12H18BrN/c1-8(2)10-6-5-7-11(9(3)4)12(10)14-13/h5-9,14H,1-4H3. The molecule has 0 aliphatic heterocycles. The predicted octanol–water partition coefficient (Wildman–Crippen LogP) is 4.66. The predicted molar refractivity (Wildman–Crippen MR) is 67.2 cm³/mol. The molecule has 0 radical (unpaired) electrons. The molecule has 0 aliphatic carbocycles. The minimum Gasteiger partial charge on any atom is -0.322 e. The summed E-state index contributed by atoms with van der Waals surface area (Å²) in [6.45, 7) is 8.86. The van der Waals surface area contributed by atoms with Crippen LogP contribution in [0.3, 0.4) is 0 Å². The first kappa shape index (κ1) is 11.6. The summed E-state index contributed by atoms with van der Waals surface area (Å²) in [4.78, 5) is 0. The van der Waals surface area contributed by atoms with E-state index >= 15 is 0 Å². The topological polar surface area (TPSA) is 12.0 Å². The van der Waals surface area contributed by atoms with Gasteiger partial charge in [-0.25, -0.2) is 0 Å². The van der Waals surface area contributed by atoms with E-state index in [4.69, 9.17) is 0 Å². The quantitative estimate of drug-likeness (QED) is 0.776. The van der Waals surface area contributed by atoms with Crippen LogP contribution < -0.4 is 4.34 Å². The van der Waals surface area contributed by atoms with Gasteiger partial charge in [-0.15, -0.1) is 0 Å². The van der Waals surface area contributed by atoms with Crippen molar-refractivity contribution in [2.45, 2.75) is 39.5 Å². The van der Waals surface area contributed by atoms with Crippen molar-refractivity contribution in [3.63, 3.8) is 0 Å². The van der Waals surface area contributed by atoms with E-state index in [0.717, 1.165) is 0 Å². The molecule has 0 unspecified atom stereocenters. The molecule has 0 atom stereocenters. The molecule has 1 N–H and O–H groups in total. The molecule has 0 fully saturated rings. The van der Waals surface area contributed by atoms with Crippen LogP contribution in [0.1, 0.15) is 50.7 Å². The zero-order valence-corrected chi connectivity index (χ0v) is 10.9. The number of anilines is 1. The van der Waals surface area contributed by atoms with Gasteiger partial charge in [0.15, 0.2) is 0 Å². The number of halogens is 1. The van der Waals surface area contributed by atoms with E-state index in [-0.39, 0.29) is 0 Å². The molecule has 0 amide bonds. The number of rotatable bonds is 3. The lowest BCUT2D eigenvalue weighted by Crippen LogP contribution is -1.99. The lowest BCUT2D eigenvalue weighted by Gasteiger charge is -2.17. The Kier molecular flexibility index (Phi) is 3.99. The van der Waals surface area contributed by atoms with Crippen LogP contribution >= 0.6 is 16.1 Å². The Morgan fingerprint density at radius 2 is 1.43 bits per heavy atom. The first-order valence-electron chi connectivity index (χ1n) is 5.07. The molecule has 0 bridgehead atoms. The van der Waals surface area contributed by atoms with Crippen LogP contribution in [0.4, 0.5) is 5.69 Å². The van der Waals surface area contributed by atoms with Crippen LogP contribution in [0, 0.1) is 0 Å². The maximum absolute atomic E-state index is 3.35. The average molecular weight is 256 g/mol. The van der Waals surface area contributed by atoms with Crippen LogP contribution in [0.5, 0.6) is 0 Å². The van der Waals surface area contributed by atoms with Crippen LogP contribution in [0.15, 0.2) is 18.2 Å². The molecular formula is C12H18BrN. The fraction of sp³-hybridized carbons (Fsp3) is 0.500. The first-order chi connectivity index (χ1) is 6.57. The molecule has 0 aliphatic rings. The molecule has 0 spiro atoms. The van der Waals surface area contributed by atoms with Crippen LogP contribution in [0.25, 0.3) is 0 Å². The molecule has 1 nitrogen and oxygen atoms in total. The highest BCUT2D eigenvalue weighted by Gasteiger charge is 2.11. The molecule has 0 saturated carbocycles. The maximum atomic E-state index is 3.35. The van der Waals surface area contributed by atoms with Gasteiger partial charge in [-0.2, -0.15) is 0 Å². The van der Waals surface area contributed by atoms with Crippen molar-refractivity contribution in [1.82, 2.24) is 0 Å². The normalized spacial score (nSPS) is 11.1. The first-order valence-corrected chi connectivity index (χ1v) is 5.86. The van der Waals surface area contributed by atoms with E-state index in [0.29, 0.717) is 11.8 Å². The van der Waals surface area contributed by atoms with Crippen molar-refractivity contribution in [2.24, 2.45) is 0 Å². The van der Waals surface area contributed by atoms with Gasteiger partial charge in [0.1, 0.15) is 0 Å². The number of para-hydroxylation sites is 1. The van der Waals surface area contributed by atoms with Gasteiger partial charge in [0, 0.05) is 16.1 Å². The third-order valence-corrected chi connectivity index (χ3v) is 2.86. The number of nitrogens with one attached hydrogen (secondary N) is 1. The molecule has 1 rings (SSSR count). The summed E-state index contributed by atoms with van der Waals surface area (Å²) in [5.41, 5.74) is 3.97. The fourth-order valence-corrected chi connectivity index (χ4v) is 2.12. The third-order valence-electron chi connectivity index (χ3n) is 2.47. The van der Waals surface area contributed by atoms with Crippen molar-refractivity contribution in [3.8, 4) is 0 Å². The van der Waals surface area contributed by atoms with E-state index in [1.807, 2.05) is 0 Å². The lowest BCUT2D eigenvalue weighted by atomic mass is 9.93. The van der Waals surface area contributed by atoms with Gasteiger partial charge >= 0.3 is 0 Å². The molecule has 0 heterocycles. The Labute approximate surface area is 95.2 Å². The van der Waals surface area contributed by atoms with Gasteiger partial charge in [-0.1, -0.05) is 45.9 Å². The Morgan fingerprint density at radius 3 is 1.71 bits per heavy atom. The smallest absolute Gasteiger partial charge is 0.0510 e. The Balaban J connectivity index is 3.25. The molecule has 1 aromatic rings. The second-order valence-corrected chi connectivity index (χ2v) is 4.61. The maximum Gasteiger partial charge on any atom is 0.0510 e.